The Morgan fingerprint density at radius 2 is 0.849 bits per heavy atom. The van der Waals surface area contributed by atoms with Gasteiger partial charge in [0.15, 0.2) is 8.32 Å². The van der Waals surface area contributed by atoms with Crippen LogP contribution < -0.4 is 45.0 Å². The van der Waals surface area contributed by atoms with Crippen LogP contribution in [0.1, 0.15) is 148 Å². The Morgan fingerprint density at radius 3 is 1.18 bits per heavy atom. The summed E-state index contributed by atoms with van der Waals surface area (Å²) in [5.74, 6) is 0. The molecule has 0 radical (unpaired) electrons. The normalized spacial score (nSPS) is 26.4. The second kappa shape index (κ2) is 29.5. The van der Waals surface area contributed by atoms with Crippen molar-refractivity contribution < 1.29 is 64.8 Å². The topological polar surface area (TPSA) is 384 Å². The maximum atomic E-state index is 14.6. The van der Waals surface area contributed by atoms with Gasteiger partial charge in [-0.25, -0.2) is 41.5 Å². The van der Waals surface area contributed by atoms with Crippen LogP contribution in [0, 0.1) is 40.8 Å². The predicted molar refractivity (Wildman–Crippen MR) is 337 cm³/mol. The molecule has 35 heteroatoms. The maximum absolute atomic E-state index is 14.6. The number of aryl methyl sites for hydroxylation is 4. The minimum absolute atomic E-state index is 0.0318. The molecule has 0 spiro atoms. The lowest BCUT2D eigenvalue weighted by Crippen LogP contribution is -2.51. The number of hydrogen-bond donors (Lipinski definition) is 5. The highest BCUT2D eigenvalue weighted by Crippen LogP contribution is 2.59. The van der Waals surface area contributed by atoms with Gasteiger partial charge in [-0.2, -0.15) is 0 Å². The van der Waals surface area contributed by atoms with Gasteiger partial charge in [0.25, 0.3) is 22.2 Å². The highest BCUT2D eigenvalue weighted by molar-refractivity contribution is 7.48. The zero-order valence-corrected chi connectivity index (χ0v) is 57.7. The summed E-state index contributed by atoms with van der Waals surface area (Å²) in [6.07, 6.45) is -3.62. The van der Waals surface area contributed by atoms with E-state index in [4.69, 9.17) is 63.7 Å². The second-order valence-corrected chi connectivity index (χ2v) is 33.8. The summed E-state index contributed by atoms with van der Waals surface area (Å²) in [6.45, 7) is 40.1. The molecule has 0 amide bonds. The van der Waals surface area contributed by atoms with Crippen molar-refractivity contribution in [2.75, 3.05) is 26.3 Å². The van der Waals surface area contributed by atoms with E-state index in [-0.39, 0.29) is 62.6 Å². The van der Waals surface area contributed by atoms with Gasteiger partial charge in [0.1, 0.15) is 61.5 Å². The number of aliphatic hydroxyl groups is 1. The highest BCUT2D eigenvalue weighted by atomic mass is 31.2. The molecular weight excluding hydrogens is 1280 g/mol. The van der Waals surface area contributed by atoms with E-state index in [2.05, 4.69) is 63.5 Å². The quantitative estimate of drug-likeness (QED) is 0.0247. The number of aromatic amines is 4. The summed E-state index contributed by atoms with van der Waals surface area (Å²) >= 11 is 0. The maximum Gasteiger partial charge on any atom is 0.476 e. The van der Waals surface area contributed by atoms with Gasteiger partial charge in [0.05, 0.1) is 36.6 Å². The lowest BCUT2D eigenvalue weighted by molar-refractivity contribution is -0.125. The van der Waals surface area contributed by atoms with Crippen LogP contribution in [0.3, 0.4) is 0 Å². The molecule has 514 valence electrons. The molecule has 2 unspecified atom stereocenters. The number of nitrogens with one attached hydrogen (secondary N) is 4. The van der Waals surface area contributed by atoms with Crippen molar-refractivity contribution in [2.45, 2.75) is 232 Å². The number of nitrogens with zero attached hydrogens (tertiary/aromatic N) is 6. The lowest BCUT2D eigenvalue weighted by atomic mass is 9.97. The lowest BCUT2D eigenvalue weighted by Gasteiger charge is -2.42. The summed E-state index contributed by atoms with van der Waals surface area (Å²) in [7, 11) is -11.4. The fourth-order valence-corrected chi connectivity index (χ4v) is 15.7. The Hall–Kier alpha value is -6.10. The number of aromatic nitrogens is 8. The van der Waals surface area contributed by atoms with Gasteiger partial charge in [-0.1, -0.05) is 34.6 Å². The van der Waals surface area contributed by atoms with Crippen LogP contribution in [0.15, 0.2) is 63.1 Å². The average Bonchev–Trinajstić information content (AvgIpc) is 1.66. The summed E-state index contributed by atoms with van der Waals surface area (Å²) < 4.78 is 101. The minimum Gasteiger partial charge on any atom is -0.411 e. The molecule has 0 aromatic carbocycles. The molecule has 4 aliphatic heterocycles. The van der Waals surface area contributed by atoms with Gasteiger partial charge in [-0.05, 0) is 86.4 Å². The molecule has 0 saturated carbocycles. The first-order valence-corrected chi connectivity index (χ1v) is 36.3. The van der Waals surface area contributed by atoms with Gasteiger partial charge in [-0.3, -0.25) is 84.5 Å². The average molecular weight is 1370 g/mol. The number of ether oxygens (including phenoxy) is 4. The Bertz CT molecular complexity index is 4040. The van der Waals surface area contributed by atoms with Crippen molar-refractivity contribution >= 4 is 24.0 Å². The molecule has 5 N–H and O–H groups in total. The minimum atomic E-state index is -4.50. The first kappa shape index (κ1) is 74.3. The first-order valence-electron chi connectivity index (χ1n) is 30.5. The third-order valence-corrected chi connectivity index (χ3v) is 24.9. The van der Waals surface area contributed by atoms with Crippen molar-refractivity contribution in [3.63, 3.8) is 0 Å². The molecular formula is C58H86N10O22P2Si. The molecule has 0 aliphatic carbocycles. The van der Waals surface area contributed by atoms with Crippen LogP contribution in [0.5, 0.6) is 0 Å². The zero-order chi connectivity index (χ0) is 69.1. The van der Waals surface area contributed by atoms with Gasteiger partial charge < -0.3 is 38.2 Å². The van der Waals surface area contributed by atoms with Gasteiger partial charge in [0, 0.05) is 72.7 Å². The molecule has 4 aromatic rings. The van der Waals surface area contributed by atoms with E-state index in [1.807, 2.05) is 13.8 Å². The molecule has 0 bridgehead atoms. The third kappa shape index (κ3) is 17.5. The molecule has 4 aromatic heterocycles. The van der Waals surface area contributed by atoms with Crippen LogP contribution in [0.2, 0.25) is 18.1 Å². The van der Waals surface area contributed by atoms with Crippen LogP contribution in [0.25, 0.3) is 9.69 Å². The molecule has 8 rings (SSSR count). The van der Waals surface area contributed by atoms with E-state index in [0.29, 0.717) is 29.5 Å². The van der Waals surface area contributed by atoms with Crippen molar-refractivity contribution in [3.05, 3.63) is 153 Å². The zero-order valence-electron chi connectivity index (χ0n) is 54.9. The van der Waals surface area contributed by atoms with E-state index < -0.39 is 154 Å². The number of aliphatic hydroxyl groups excluding tert-OH is 1. The molecule has 4 saturated heterocycles. The Kier molecular flexibility index (Phi) is 23.6. The molecule has 32 nitrogen and oxygen atoms in total. The van der Waals surface area contributed by atoms with Gasteiger partial charge in [-0.15, -0.1) is 0 Å². The first-order chi connectivity index (χ1) is 43.3. The fourth-order valence-electron chi connectivity index (χ4n) is 11.0. The predicted octanol–water partition coefficient (Wildman–Crippen LogP) is 5.58. The van der Waals surface area contributed by atoms with Gasteiger partial charge >= 0.3 is 38.4 Å². The van der Waals surface area contributed by atoms with Crippen molar-refractivity contribution in [1.82, 2.24) is 38.2 Å². The second-order valence-electron chi connectivity index (χ2n) is 25.9. The van der Waals surface area contributed by atoms with Crippen molar-refractivity contribution in [1.29, 1.82) is 0 Å². The summed E-state index contributed by atoms with van der Waals surface area (Å²) in [6, 6.07) is 0. The van der Waals surface area contributed by atoms with Gasteiger partial charge in [0.2, 0.25) is 13.1 Å². The SMILES string of the molecule is [C-]#[N+]CCOP(=O)(O[C@@H]1C[C@H](n2cc(C)c(=O)[nH]c2=O)O[C@@H]1CC)OC(C)(C)[C@H]1O[C@@H](n2cc(C)c(=O)[nH]c2=O)C[C@H]1O.[C-]#[N+]CCOP(=O)(O[C@@H]1C[C@H](n2cc(C)c(=O)[nH]c2=O)O[C@@H]1CC)OC(C)(C)[C@H]1O[C@@H](n2cc(C)c(=O)[nH]c2=O)C[C@H]1O[Si](C)(C)C(C)(C)C. The van der Waals surface area contributed by atoms with E-state index in [0.717, 1.165) is 4.57 Å². The molecule has 8 heterocycles. The third-order valence-electron chi connectivity index (χ3n) is 16.9. The summed E-state index contributed by atoms with van der Waals surface area (Å²) in [5.41, 5.74) is -6.53. The van der Waals surface area contributed by atoms with Crippen LogP contribution in [0.4, 0.5) is 0 Å². The standard InChI is InChI=1S/C32H50N5O11PSi.C26H36N5O11P/c1-12-21-22(15-24(44-21)36-17-19(2)27(38)34-29(36)40)46-49(42,43-14-13-33-9)48-32(7,8)26-23(47-50(10,11)31(4,5)6)16-25(45-26)37-18-20(3)28(39)35-30(37)41;1-7-17-18(11-20(39-17)31-13-15(3)23(34)29-25(31)36)41-43(37,38-9-8-27-6)42-26(4,5)21-16(32)10-19(40-21)30-12-14(2)22(33)28-24(30)35/h17-18,21-26H,12-16H2,1-8,10-11H3,(H,34,38,40)(H,35,39,41);12-13,16-21,32H,7-11H2,1-5H3,(H,28,33,35)(H,29,34,36)/t21-,22-,23-,24-,25-,26+,49?;16-,17-,18-,19-,20-,21+,43?/m11/s1. The smallest absolute Gasteiger partial charge is 0.411 e. The van der Waals surface area contributed by atoms with E-state index in [9.17, 15) is 52.6 Å². The molecule has 93 heavy (non-hydrogen) atoms. The Balaban J connectivity index is 0.000000266. The highest BCUT2D eigenvalue weighted by Gasteiger charge is 2.55. The van der Waals surface area contributed by atoms with E-state index in [1.165, 1.54) is 59.3 Å². The summed E-state index contributed by atoms with van der Waals surface area (Å²) in [4.78, 5) is 114. The Morgan fingerprint density at radius 1 is 0.538 bits per heavy atom. The van der Waals surface area contributed by atoms with Crippen molar-refractivity contribution in [3.8, 4) is 0 Å². The van der Waals surface area contributed by atoms with Crippen LogP contribution in [-0.2, 0) is 59.6 Å². The Labute approximate surface area is 536 Å². The molecule has 4 fully saturated rings. The number of hydrogen-bond acceptors (Lipinski definition) is 22. The monoisotopic (exact) mass is 1360 g/mol. The summed E-state index contributed by atoms with van der Waals surface area (Å²) in [5, 5.41) is 10.7. The molecule has 4 aliphatic rings. The number of H-pyrrole nitrogens is 4. The van der Waals surface area contributed by atoms with Crippen LogP contribution in [-0.4, -0.2) is 138 Å². The number of phosphoric ester groups is 2. The number of rotatable bonds is 24. The van der Waals surface area contributed by atoms with E-state index >= 15 is 0 Å². The fraction of sp³-hybridized carbons (Fsp3) is 0.690. The van der Waals surface area contributed by atoms with Crippen LogP contribution >= 0.6 is 15.6 Å². The largest absolute Gasteiger partial charge is 0.476 e. The van der Waals surface area contributed by atoms with Crippen molar-refractivity contribution in [2.24, 2.45) is 0 Å². The number of phosphoric acid groups is 2. The van der Waals surface area contributed by atoms with E-state index in [1.54, 1.807) is 34.6 Å². The molecule has 14 atom stereocenters.